The van der Waals surface area contributed by atoms with Gasteiger partial charge < -0.3 is 5.11 Å². The van der Waals surface area contributed by atoms with Gasteiger partial charge in [-0.1, -0.05) is 28.1 Å². The number of benzene rings is 1. The quantitative estimate of drug-likeness (QED) is 0.545. The zero-order chi connectivity index (χ0) is 17.1. The molecule has 0 aliphatic heterocycles. The van der Waals surface area contributed by atoms with Crippen LogP contribution >= 0.6 is 15.9 Å². The molecule has 1 aromatic rings. The van der Waals surface area contributed by atoms with Gasteiger partial charge >= 0.3 is 12.0 Å². The highest BCUT2D eigenvalue weighted by molar-refractivity contribution is 9.10. The number of carboxylic acids is 1. The first kappa shape index (κ1) is 18.9. The molecule has 8 heteroatoms. The Kier molecular flexibility index (Phi) is 5.97. The minimum Gasteiger partial charge on any atom is -0.480 e. The third kappa shape index (κ3) is 5.57. The predicted octanol–water partition coefficient (Wildman–Crippen LogP) is 4.23. The second-order valence-corrected chi connectivity index (χ2v) is 6.41. The molecule has 1 unspecified atom stereocenters. The van der Waals surface area contributed by atoms with Crippen LogP contribution in [-0.4, -0.2) is 28.8 Å². The summed E-state index contributed by atoms with van der Waals surface area (Å²) in [6.07, 6.45) is -3.48. The summed E-state index contributed by atoms with van der Waals surface area (Å²) in [4.78, 5) is 11.0. The van der Waals surface area contributed by atoms with Crippen LogP contribution in [0.3, 0.4) is 0 Å². The molecule has 0 spiro atoms. The lowest BCUT2D eigenvalue weighted by Crippen LogP contribution is -2.52. The molecule has 2 atom stereocenters. The smallest absolute Gasteiger partial charge is 0.338 e. The number of aliphatic carboxylic acids is 1. The van der Waals surface area contributed by atoms with Crippen molar-refractivity contribution in [1.29, 1.82) is 0 Å². The van der Waals surface area contributed by atoms with Crippen LogP contribution in [0, 0.1) is 0 Å². The molecular weight excluding hydrogens is 370 g/mol. The average Bonchev–Trinajstić information content (AvgIpc) is 2.36. The molecule has 1 aromatic carbocycles. The van der Waals surface area contributed by atoms with Gasteiger partial charge in [0.25, 0.3) is 0 Å². The van der Waals surface area contributed by atoms with Gasteiger partial charge in [0.05, 0.1) is 0 Å². The average molecular weight is 386 g/mol. The fraction of sp³-hybridized carbons (Fsp3) is 0.500. The number of carbonyl (C=O) groups is 1. The molecule has 0 aliphatic rings. The summed E-state index contributed by atoms with van der Waals surface area (Å²) in [5.74, 6) is -1.67. The van der Waals surface area contributed by atoms with Crippen LogP contribution in [0.2, 0.25) is 0 Å². The number of hydrogen-bond donors (Lipinski definition) is 2. The van der Waals surface area contributed by atoms with Crippen LogP contribution in [0.4, 0.5) is 17.6 Å². The van der Waals surface area contributed by atoms with Gasteiger partial charge in [0.1, 0.15) is 11.7 Å². The molecule has 0 saturated carbocycles. The molecule has 124 valence electrons. The fourth-order valence-corrected chi connectivity index (χ4v) is 2.10. The van der Waals surface area contributed by atoms with E-state index < -0.39 is 36.3 Å². The zero-order valence-electron chi connectivity index (χ0n) is 11.9. The Morgan fingerprint density at radius 1 is 1.27 bits per heavy atom. The summed E-state index contributed by atoms with van der Waals surface area (Å²) < 4.78 is 55.9. The van der Waals surface area contributed by atoms with E-state index in [9.17, 15) is 22.4 Å². The molecule has 2 N–H and O–H groups in total. The lowest BCUT2D eigenvalue weighted by Gasteiger charge is -2.28. The maximum Gasteiger partial charge on any atom is 0.338 e. The van der Waals surface area contributed by atoms with E-state index in [1.807, 2.05) is 0 Å². The molecule has 22 heavy (non-hydrogen) atoms. The first-order chi connectivity index (χ1) is 9.92. The molecule has 0 radical (unpaired) electrons. The van der Waals surface area contributed by atoms with E-state index in [1.54, 1.807) is 0 Å². The lowest BCUT2D eigenvalue weighted by molar-refractivity contribution is -0.151. The molecule has 0 bridgehead atoms. The van der Waals surface area contributed by atoms with Gasteiger partial charge in [-0.15, -0.1) is 0 Å². The first-order valence-corrected chi connectivity index (χ1v) is 7.18. The van der Waals surface area contributed by atoms with Crippen LogP contribution in [-0.2, 0) is 4.79 Å². The molecule has 3 nitrogen and oxygen atoms in total. The van der Waals surface area contributed by atoms with Gasteiger partial charge in [-0.3, -0.25) is 4.79 Å². The van der Waals surface area contributed by atoms with E-state index in [0.717, 1.165) is 26.0 Å². The number of rotatable bonds is 7. The van der Waals surface area contributed by atoms with Crippen molar-refractivity contribution >= 4 is 21.9 Å². The molecule has 0 aromatic heterocycles. The Hall–Kier alpha value is -1.15. The van der Waals surface area contributed by atoms with Crippen LogP contribution in [0.25, 0.3) is 0 Å². The Bertz CT molecular complexity index is 517. The number of carboxylic acid groups (broad SMARTS) is 1. The molecule has 0 aliphatic carbocycles. The third-order valence-corrected chi connectivity index (χ3v) is 3.36. The second kappa shape index (κ2) is 6.95. The van der Waals surface area contributed by atoms with Crippen LogP contribution in [0.1, 0.15) is 32.0 Å². The van der Waals surface area contributed by atoms with Crippen molar-refractivity contribution in [3.8, 4) is 0 Å². The molecule has 0 saturated heterocycles. The molecular formula is C14H16BrF4NO2. The summed E-state index contributed by atoms with van der Waals surface area (Å²) in [6.45, 7) is 2.12. The van der Waals surface area contributed by atoms with E-state index in [0.29, 0.717) is 4.47 Å². The van der Waals surface area contributed by atoms with Crippen molar-refractivity contribution in [3.05, 3.63) is 34.3 Å². The van der Waals surface area contributed by atoms with Crippen LogP contribution in [0.15, 0.2) is 28.7 Å². The van der Waals surface area contributed by atoms with Gasteiger partial charge in [0, 0.05) is 10.9 Å². The highest BCUT2D eigenvalue weighted by Gasteiger charge is 2.45. The van der Waals surface area contributed by atoms with Gasteiger partial charge in [0.2, 0.25) is 6.17 Å². The Labute approximate surface area is 133 Å². The zero-order valence-corrected chi connectivity index (χ0v) is 13.5. The highest BCUT2D eigenvalue weighted by atomic mass is 79.9. The van der Waals surface area contributed by atoms with Crippen molar-refractivity contribution in [2.24, 2.45) is 0 Å². The summed E-state index contributed by atoms with van der Waals surface area (Å²) in [5.41, 5.74) is -2.31. The monoisotopic (exact) mass is 385 g/mol. The van der Waals surface area contributed by atoms with E-state index >= 15 is 0 Å². The third-order valence-electron chi connectivity index (χ3n) is 2.84. The van der Waals surface area contributed by atoms with Gasteiger partial charge in [-0.05, 0) is 31.5 Å². The van der Waals surface area contributed by atoms with Crippen molar-refractivity contribution in [3.63, 3.8) is 0 Å². The summed E-state index contributed by atoms with van der Waals surface area (Å²) >= 11 is 3.09. The number of hydrogen-bond acceptors (Lipinski definition) is 2. The van der Waals surface area contributed by atoms with E-state index in [2.05, 4.69) is 15.9 Å². The van der Waals surface area contributed by atoms with Crippen molar-refractivity contribution in [1.82, 2.24) is 5.32 Å². The standard InChI is InChI=1S/C14H16BrF4NO2/c1-13(2,17)7-10(12(21)22)20-14(18,19)11(16)8-3-5-9(15)6-4-8/h3-6,10-11,20H,7H2,1-2H3,(H,21,22)/t10?,11-/m0/s1. The maximum absolute atomic E-state index is 14.0. The lowest BCUT2D eigenvalue weighted by atomic mass is 10.00. The minimum absolute atomic E-state index is 0.315. The first-order valence-electron chi connectivity index (χ1n) is 6.39. The summed E-state index contributed by atoms with van der Waals surface area (Å²) in [6, 6.07) is -0.987. The van der Waals surface area contributed by atoms with E-state index in [1.165, 1.54) is 17.4 Å². The molecule has 1 rings (SSSR count). The minimum atomic E-state index is -4.15. The fourth-order valence-electron chi connectivity index (χ4n) is 1.83. The predicted molar refractivity (Wildman–Crippen MR) is 77.3 cm³/mol. The summed E-state index contributed by atoms with van der Waals surface area (Å²) in [7, 11) is 0. The Balaban J connectivity index is 2.91. The largest absolute Gasteiger partial charge is 0.480 e. The van der Waals surface area contributed by atoms with Gasteiger partial charge in [-0.25, -0.2) is 14.1 Å². The Morgan fingerprint density at radius 2 is 1.77 bits per heavy atom. The van der Waals surface area contributed by atoms with Gasteiger partial charge in [0.15, 0.2) is 0 Å². The topological polar surface area (TPSA) is 49.3 Å². The molecule has 0 amide bonds. The normalized spacial score (nSPS) is 15.4. The number of nitrogens with one attached hydrogen (secondary N) is 1. The van der Waals surface area contributed by atoms with Crippen LogP contribution in [0.5, 0.6) is 0 Å². The molecule has 0 heterocycles. The SMILES string of the molecule is CC(C)(F)CC(NC(F)(F)[C@@H](F)c1ccc(Br)cc1)C(=O)O. The van der Waals surface area contributed by atoms with E-state index in [4.69, 9.17) is 5.11 Å². The summed E-state index contributed by atoms with van der Waals surface area (Å²) in [5, 5.41) is 10.3. The van der Waals surface area contributed by atoms with Gasteiger partial charge in [-0.2, -0.15) is 8.78 Å². The Morgan fingerprint density at radius 3 is 2.18 bits per heavy atom. The van der Waals surface area contributed by atoms with Crippen molar-refractivity contribution in [2.75, 3.05) is 0 Å². The molecule has 0 fully saturated rings. The van der Waals surface area contributed by atoms with Crippen LogP contribution < -0.4 is 5.32 Å². The van der Waals surface area contributed by atoms with Crippen molar-refractivity contribution < 1.29 is 27.5 Å². The number of alkyl halides is 4. The highest BCUT2D eigenvalue weighted by Crippen LogP contribution is 2.34. The van der Waals surface area contributed by atoms with E-state index in [-0.39, 0.29) is 5.56 Å². The van der Waals surface area contributed by atoms with Crippen molar-refractivity contribution in [2.45, 2.75) is 44.2 Å². The maximum atomic E-state index is 14.0. The number of halogens is 5. The second-order valence-electron chi connectivity index (χ2n) is 5.50.